The lowest BCUT2D eigenvalue weighted by atomic mass is 10.2. The smallest absolute Gasteiger partial charge is 0.290 e. The number of nitrogens with zero attached hydrogens (tertiary/aromatic N) is 1. The zero-order valence-corrected chi connectivity index (χ0v) is 16.3. The molecule has 0 saturated carbocycles. The molecule has 6 heteroatoms. The molecular weight excluding hydrogens is 352 g/mol. The average molecular weight is 379 g/mol. The largest absolute Gasteiger partial charge is 0.496 e. The maximum atomic E-state index is 8.36. The Labute approximate surface area is 160 Å². The van der Waals surface area contributed by atoms with Crippen molar-refractivity contribution in [3.63, 3.8) is 0 Å². The van der Waals surface area contributed by atoms with Crippen LogP contribution >= 0.6 is 11.6 Å². The van der Waals surface area contributed by atoms with E-state index in [4.69, 9.17) is 26.2 Å². The zero-order valence-electron chi connectivity index (χ0n) is 15.5. The molecule has 0 atom stereocenters. The number of carbonyl (C=O) groups is 1. The maximum Gasteiger partial charge on any atom is 0.290 e. The summed E-state index contributed by atoms with van der Waals surface area (Å²) in [5, 5.41) is 7.47. The van der Waals surface area contributed by atoms with Gasteiger partial charge < -0.3 is 14.8 Å². The molecule has 0 amide bonds. The molecule has 0 unspecified atom stereocenters. The number of aromatic nitrogens is 2. The molecule has 0 bridgehead atoms. The van der Waals surface area contributed by atoms with Crippen LogP contribution in [-0.4, -0.2) is 28.7 Å². The standard InChI is InChI=1S/C12H14N2O.C5H7Cl.C2H4.CH2O2/c1-3-9-8-13-12(14-9)10-6-4-5-7-11(10)15-2;1-3-4-5(2)6;1-2;2-1-3/h4-8H,3H2,1-2H3,(H,13,14);3-4H,2H2,1H3;1-2H2;1H,(H,2,3)/b;4-3-;;. The molecule has 5 nitrogen and oxygen atoms in total. The second-order valence-electron chi connectivity index (χ2n) is 4.36. The van der Waals surface area contributed by atoms with Crippen molar-refractivity contribution < 1.29 is 14.6 Å². The molecule has 0 spiro atoms. The predicted molar refractivity (Wildman–Crippen MR) is 110 cm³/mol. The maximum absolute atomic E-state index is 8.36. The number of halogens is 1. The van der Waals surface area contributed by atoms with Crippen molar-refractivity contribution in [1.82, 2.24) is 9.97 Å². The Kier molecular flexibility index (Phi) is 16.7. The molecule has 1 aromatic carbocycles. The molecule has 0 saturated heterocycles. The first-order valence-electron chi connectivity index (χ1n) is 7.76. The topological polar surface area (TPSA) is 75.2 Å². The van der Waals surface area contributed by atoms with E-state index in [0.29, 0.717) is 5.03 Å². The molecule has 0 aliphatic carbocycles. The van der Waals surface area contributed by atoms with Crippen molar-refractivity contribution in [2.24, 2.45) is 0 Å². The summed E-state index contributed by atoms with van der Waals surface area (Å²) in [5.41, 5.74) is 2.13. The lowest BCUT2D eigenvalue weighted by molar-refractivity contribution is -0.122. The molecular formula is C20H27ClN2O3. The third-order valence-electron chi connectivity index (χ3n) is 2.72. The first-order valence-corrected chi connectivity index (χ1v) is 8.13. The molecule has 142 valence electrons. The first-order chi connectivity index (χ1) is 12.5. The molecule has 1 heterocycles. The van der Waals surface area contributed by atoms with Gasteiger partial charge in [-0.3, -0.25) is 4.79 Å². The minimum atomic E-state index is -0.250. The molecule has 2 N–H and O–H groups in total. The van der Waals surface area contributed by atoms with E-state index in [9.17, 15) is 0 Å². The number of para-hydroxylation sites is 1. The quantitative estimate of drug-likeness (QED) is 0.420. The number of hydrogen-bond donors (Lipinski definition) is 2. The van der Waals surface area contributed by atoms with Crippen molar-refractivity contribution in [2.45, 2.75) is 20.3 Å². The van der Waals surface area contributed by atoms with Crippen LogP contribution < -0.4 is 4.74 Å². The summed E-state index contributed by atoms with van der Waals surface area (Å²) in [7, 11) is 1.67. The third kappa shape index (κ3) is 10.9. The van der Waals surface area contributed by atoms with Gasteiger partial charge in [0.1, 0.15) is 11.6 Å². The molecule has 0 radical (unpaired) electrons. The highest BCUT2D eigenvalue weighted by Crippen LogP contribution is 2.26. The van der Waals surface area contributed by atoms with Crippen molar-refractivity contribution in [1.29, 1.82) is 0 Å². The Morgan fingerprint density at radius 1 is 1.38 bits per heavy atom. The number of H-pyrrole nitrogens is 1. The summed E-state index contributed by atoms with van der Waals surface area (Å²) in [6.45, 7) is 13.2. The van der Waals surface area contributed by atoms with Gasteiger partial charge in [-0.05, 0) is 31.6 Å². The van der Waals surface area contributed by atoms with Crippen LogP contribution in [0.3, 0.4) is 0 Å². The number of methoxy groups -OCH3 is 1. The second kappa shape index (κ2) is 17.0. The van der Waals surface area contributed by atoms with Crippen molar-refractivity contribution in [3.05, 3.63) is 73.1 Å². The molecule has 0 aliphatic heterocycles. The molecule has 0 fully saturated rings. The lowest BCUT2D eigenvalue weighted by Crippen LogP contribution is -1.88. The average Bonchev–Trinajstić information content (AvgIpc) is 3.13. The summed E-state index contributed by atoms with van der Waals surface area (Å²) in [6.07, 6.45) is 6.40. The van der Waals surface area contributed by atoms with E-state index in [1.54, 1.807) is 13.2 Å². The fraction of sp³-hybridized carbons (Fsp3) is 0.200. The van der Waals surface area contributed by atoms with Crippen LogP contribution in [0.5, 0.6) is 5.75 Å². The predicted octanol–water partition coefficient (Wildman–Crippen LogP) is 5.47. The van der Waals surface area contributed by atoms with Gasteiger partial charge in [0, 0.05) is 16.9 Å². The van der Waals surface area contributed by atoms with Crippen LogP contribution in [0.1, 0.15) is 19.5 Å². The van der Waals surface area contributed by atoms with Gasteiger partial charge in [0.05, 0.1) is 12.7 Å². The van der Waals surface area contributed by atoms with E-state index < -0.39 is 0 Å². The number of imidazole rings is 1. The highest BCUT2D eigenvalue weighted by atomic mass is 35.5. The van der Waals surface area contributed by atoms with Gasteiger partial charge in [0.15, 0.2) is 0 Å². The molecule has 2 rings (SSSR count). The van der Waals surface area contributed by atoms with Gasteiger partial charge in [-0.2, -0.15) is 0 Å². The van der Waals surface area contributed by atoms with Gasteiger partial charge in [0.25, 0.3) is 6.47 Å². The van der Waals surface area contributed by atoms with E-state index in [-0.39, 0.29) is 6.47 Å². The third-order valence-corrected chi connectivity index (χ3v) is 2.84. The van der Waals surface area contributed by atoms with Crippen molar-refractivity contribution in [3.8, 4) is 17.1 Å². The number of hydrogen-bond acceptors (Lipinski definition) is 3. The fourth-order valence-electron chi connectivity index (χ4n) is 1.70. The monoisotopic (exact) mass is 378 g/mol. The van der Waals surface area contributed by atoms with Gasteiger partial charge in [0.2, 0.25) is 0 Å². The number of nitrogens with one attached hydrogen (secondary N) is 1. The SMILES string of the molecule is C=C.C=C(Cl)/C=C\C.CCc1cnc(-c2ccccc2OC)[nH]1.O=CO. The van der Waals surface area contributed by atoms with E-state index in [0.717, 1.165) is 29.3 Å². The Bertz CT molecular complexity index is 667. The van der Waals surface area contributed by atoms with E-state index >= 15 is 0 Å². The number of carboxylic acid groups (broad SMARTS) is 1. The Hall–Kier alpha value is -2.79. The van der Waals surface area contributed by atoms with Crippen LogP contribution in [0.4, 0.5) is 0 Å². The number of rotatable bonds is 4. The van der Waals surface area contributed by atoms with Crippen LogP contribution in [0, 0.1) is 0 Å². The Balaban J connectivity index is 0. The highest BCUT2D eigenvalue weighted by molar-refractivity contribution is 6.30. The molecule has 2 aromatic rings. The Morgan fingerprint density at radius 2 is 1.96 bits per heavy atom. The number of ether oxygens (including phenoxy) is 1. The lowest BCUT2D eigenvalue weighted by Gasteiger charge is -2.04. The van der Waals surface area contributed by atoms with Crippen LogP contribution in [0.2, 0.25) is 0 Å². The summed E-state index contributed by atoms with van der Waals surface area (Å²) >= 11 is 5.30. The minimum Gasteiger partial charge on any atom is -0.496 e. The summed E-state index contributed by atoms with van der Waals surface area (Å²) in [5.74, 6) is 1.71. The fourth-order valence-corrected chi connectivity index (χ4v) is 1.82. The number of aromatic amines is 1. The minimum absolute atomic E-state index is 0.250. The second-order valence-corrected chi connectivity index (χ2v) is 4.85. The molecule has 0 aliphatic rings. The summed E-state index contributed by atoms with van der Waals surface area (Å²) < 4.78 is 5.28. The van der Waals surface area contributed by atoms with Gasteiger partial charge in [-0.25, -0.2) is 4.98 Å². The summed E-state index contributed by atoms with van der Waals surface area (Å²) in [4.78, 5) is 16.0. The highest BCUT2D eigenvalue weighted by Gasteiger charge is 2.07. The molecule has 1 aromatic heterocycles. The number of allylic oxidation sites excluding steroid dienone is 3. The van der Waals surface area contributed by atoms with Gasteiger partial charge in [-0.1, -0.05) is 43.3 Å². The van der Waals surface area contributed by atoms with E-state index in [1.165, 1.54) is 0 Å². The van der Waals surface area contributed by atoms with Crippen LogP contribution in [0.25, 0.3) is 11.4 Å². The van der Waals surface area contributed by atoms with E-state index in [1.807, 2.05) is 43.5 Å². The first kappa shape index (κ1) is 25.5. The number of benzene rings is 1. The molecule has 26 heavy (non-hydrogen) atoms. The number of aryl methyl sites for hydroxylation is 1. The zero-order chi connectivity index (χ0) is 20.4. The van der Waals surface area contributed by atoms with Crippen molar-refractivity contribution in [2.75, 3.05) is 7.11 Å². The normalized spacial score (nSPS) is 8.77. The van der Waals surface area contributed by atoms with Gasteiger partial charge in [-0.15, -0.1) is 13.2 Å². The van der Waals surface area contributed by atoms with E-state index in [2.05, 4.69) is 36.6 Å². The van der Waals surface area contributed by atoms with Gasteiger partial charge >= 0.3 is 0 Å². The Morgan fingerprint density at radius 3 is 2.35 bits per heavy atom. The van der Waals surface area contributed by atoms with Crippen LogP contribution in [0.15, 0.2) is 67.4 Å². The summed E-state index contributed by atoms with van der Waals surface area (Å²) in [6, 6.07) is 7.86. The van der Waals surface area contributed by atoms with Crippen molar-refractivity contribution >= 4 is 18.1 Å². The van der Waals surface area contributed by atoms with Crippen LogP contribution in [-0.2, 0) is 11.2 Å².